The maximum atomic E-state index is 10.1. The molecule has 0 unspecified atom stereocenters. The molecule has 1 nitrogen and oxygen atoms in total. The molecule has 0 atom stereocenters. The highest BCUT2D eigenvalue weighted by Gasteiger charge is 2.41. The molecule has 0 amide bonds. The molecule has 2 heteroatoms. The van der Waals surface area contributed by atoms with Crippen LogP contribution in [0.3, 0.4) is 0 Å². The summed E-state index contributed by atoms with van der Waals surface area (Å²) in [6.45, 7) is 0. The van der Waals surface area contributed by atoms with Gasteiger partial charge in [0.2, 0.25) is 0 Å². The fraction of sp³-hybridized carbons (Fsp3) is 0.800. The molecular formula is C5H7BrO. The van der Waals surface area contributed by atoms with Crippen molar-refractivity contribution in [1.82, 2.24) is 0 Å². The lowest BCUT2D eigenvalue weighted by Crippen LogP contribution is -2.01. The number of alkyl halides is 1. The van der Waals surface area contributed by atoms with Crippen LogP contribution in [0.15, 0.2) is 0 Å². The molecule has 1 saturated carbocycles. The van der Waals surface area contributed by atoms with E-state index in [1.807, 2.05) is 0 Å². The Hall–Kier alpha value is 0.150. The number of hydrogen-bond acceptors (Lipinski definition) is 1. The van der Waals surface area contributed by atoms with Gasteiger partial charge in [-0.2, -0.15) is 0 Å². The summed E-state index contributed by atoms with van der Waals surface area (Å²) in [6, 6.07) is 0. The summed E-state index contributed by atoms with van der Waals surface area (Å²) in [4.78, 5) is 10.1. The maximum absolute atomic E-state index is 10.1. The molecular weight excluding hydrogens is 156 g/mol. The van der Waals surface area contributed by atoms with Crippen LogP contribution in [0.5, 0.6) is 0 Å². The Morgan fingerprint density at radius 1 is 1.71 bits per heavy atom. The van der Waals surface area contributed by atoms with Crippen LogP contribution in [0.4, 0.5) is 0 Å². The predicted molar refractivity (Wildman–Crippen MR) is 31.5 cm³/mol. The minimum Gasteiger partial charge on any atom is -0.303 e. The molecule has 1 rings (SSSR count). The van der Waals surface area contributed by atoms with Gasteiger partial charge in [0, 0.05) is 10.7 Å². The Morgan fingerprint density at radius 2 is 2.29 bits per heavy atom. The predicted octanol–water partition coefficient (Wildman–Crippen LogP) is 1.36. The molecule has 0 spiro atoms. The standard InChI is InChI=1S/C5H7BrO/c6-3-5(4-7)1-2-5/h4H,1-3H2. The van der Waals surface area contributed by atoms with Crippen LogP contribution in [0.1, 0.15) is 12.8 Å². The minimum atomic E-state index is 0.0694. The highest BCUT2D eigenvalue weighted by Crippen LogP contribution is 2.44. The van der Waals surface area contributed by atoms with Crippen molar-refractivity contribution in [1.29, 1.82) is 0 Å². The Labute approximate surface area is 51.2 Å². The second-order valence-corrected chi connectivity index (χ2v) is 2.67. The van der Waals surface area contributed by atoms with Crippen LogP contribution in [-0.4, -0.2) is 11.6 Å². The Balaban J connectivity index is 2.42. The Morgan fingerprint density at radius 3 is 2.29 bits per heavy atom. The normalized spacial score (nSPS) is 24.1. The van der Waals surface area contributed by atoms with Crippen LogP contribution in [0.2, 0.25) is 0 Å². The van der Waals surface area contributed by atoms with E-state index in [1.165, 1.54) is 0 Å². The first-order valence-electron chi connectivity index (χ1n) is 2.35. The number of hydrogen-bond donors (Lipinski definition) is 0. The summed E-state index contributed by atoms with van der Waals surface area (Å²) in [5, 5.41) is 0.851. The third-order valence-corrected chi connectivity index (χ3v) is 2.53. The van der Waals surface area contributed by atoms with Crippen LogP contribution in [0, 0.1) is 5.41 Å². The molecule has 7 heavy (non-hydrogen) atoms. The van der Waals surface area contributed by atoms with Gasteiger partial charge in [-0.3, -0.25) is 0 Å². The first-order chi connectivity index (χ1) is 3.33. The summed E-state index contributed by atoms with van der Waals surface area (Å²) < 4.78 is 0. The van der Waals surface area contributed by atoms with E-state index in [0.717, 1.165) is 24.5 Å². The summed E-state index contributed by atoms with van der Waals surface area (Å²) in [7, 11) is 0. The first kappa shape index (κ1) is 5.29. The first-order valence-corrected chi connectivity index (χ1v) is 3.47. The zero-order valence-corrected chi connectivity index (χ0v) is 5.57. The third-order valence-electron chi connectivity index (χ3n) is 1.41. The molecule has 0 bridgehead atoms. The van der Waals surface area contributed by atoms with Gasteiger partial charge in [-0.1, -0.05) is 15.9 Å². The number of carbonyl (C=O) groups excluding carboxylic acids is 1. The van der Waals surface area contributed by atoms with Gasteiger partial charge in [0.25, 0.3) is 0 Å². The average Bonchev–Trinajstić information content (AvgIpc) is 2.46. The Bertz CT molecular complexity index is 86.1. The largest absolute Gasteiger partial charge is 0.303 e. The molecule has 1 fully saturated rings. The molecule has 0 aromatic heterocycles. The van der Waals surface area contributed by atoms with E-state index < -0.39 is 0 Å². The van der Waals surface area contributed by atoms with E-state index in [9.17, 15) is 4.79 Å². The highest BCUT2D eigenvalue weighted by molar-refractivity contribution is 9.09. The Kier molecular flexibility index (Phi) is 1.20. The quantitative estimate of drug-likeness (QED) is 0.443. The van der Waals surface area contributed by atoms with Crippen LogP contribution in [0.25, 0.3) is 0 Å². The zero-order chi connectivity index (χ0) is 5.33. The smallest absolute Gasteiger partial charge is 0.126 e. The molecule has 0 radical (unpaired) electrons. The molecule has 0 aromatic rings. The number of halogens is 1. The van der Waals surface area contributed by atoms with E-state index in [1.54, 1.807) is 0 Å². The van der Waals surface area contributed by atoms with E-state index in [2.05, 4.69) is 15.9 Å². The topological polar surface area (TPSA) is 17.1 Å². The number of carbonyl (C=O) groups is 1. The number of aldehydes is 1. The van der Waals surface area contributed by atoms with Crippen LogP contribution in [-0.2, 0) is 4.79 Å². The third kappa shape index (κ3) is 0.852. The summed E-state index contributed by atoms with van der Waals surface area (Å²) >= 11 is 3.26. The van der Waals surface area contributed by atoms with E-state index in [4.69, 9.17) is 0 Å². The van der Waals surface area contributed by atoms with Crippen molar-refractivity contribution >= 4 is 22.2 Å². The van der Waals surface area contributed by atoms with Gasteiger partial charge in [-0.05, 0) is 12.8 Å². The van der Waals surface area contributed by atoms with Crippen molar-refractivity contribution in [2.75, 3.05) is 5.33 Å². The van der Waals surface area contributed by atoms with Gasteiger partial charge in [0.15, 0.2) is 0 Å². The molecule has 1 aliphatic carbocycles. The minimum absolute atomic E-state index is 0.0694. The fourth-order valence-electron chi connectivity index (χ4n) is 0.444. The second kappa shape index (κ2) is 1.58. The van der Waals surface area contributed by atoms with Crippen molar-refractivity contribution in [2.45, 2.75) is 12.8 Å². The summed E-state index contributed by atoms with van der Waals surface area (Å²) in [6.07, 6.45) is 3.23. The SMILES string of the molecule is O=CC1(CBr)CC1. The zero-order valence-electron chi connectivity index (χ0n) is 3.98. The van der Waals surface area contributed by atoms with Crippen molar-refractivity contribution in [3.8, 4) is 0 Å². The van der Waals surface area contributed by atoms with Gasteiger partial charge >= 0.3 is 0 Å². The second-order valence-electron chi connectivity index (χ2n) is 2.11. The monoisotopic (exact) mass is 162 g/mol. The van der Waals surface area contributed by atoms with Gasteiger partial charge < -0.3 is 4.79 Å². The van der Waals surface area contributed by atoms with E-state index >= 15 is 0 Å². The van der Waals surface area contributed by atoms with Crippen molar-refractivity contribution in [3.05, 3.63) is 0 Å². The lowest BCUT2D eigenvalue weighted by molar-refractivity contribution is -0.111. The molecule has 0 saturated heterocycles. The van der Waals surface area contributed by atoms with E-state index in [0.29, 0.717) is 0 Å². The van der Waals surface area contributed by atoms with Crippen molar-refractivity contribution in [2.24, 2.45) is 5.41 Å². The van der Waals surface area contributed by atoms with Crippen molar-refractivity contribution < 1.29 is 4.79 Å². The molecule has 0 aliphatic heterocycles. The van der Waals surface area contributed by atoms with Gasteiger partial charge in [0.1, 0.15) is 6.29 Å². The molecule has 40 valence electrons. The molecule has 1 aliphatic rings. The van der Waals surface area contributed by atoms with Crippen molar-refractivity contribution in [3.63, 3.8) is 0 Å². The molecule has 0 N–H and O–H groups in total. The average molecular weight is 163 g/mol. The maximum Gasteiger partial charge on any atom is 0.126 e. The lowest BCUT2D eigenvalue weighted by Gasteiger charge is -1.93. The summed E-state index contributed by atoms with van der Waals surface area (Å²) in [5.41, 5.74) is 0.0694. The fourth-order valence-corrected chi connectivity index (χ4v) is 1.14. The highest BCUT2D eigenvalue weighted by atomic mass is 79.9. The molecule has 0 aromatic carbocycles. The summed E-state index contributed by atoms with van der Waals surface area (Å²) in [5.74, 6) is 0. The lowest BCUT2D eigenvalue weighted by atomic mass is 10.2. The van der Waals surface area contributed by atoms with E-state index in [-0.39, 0.29) is 5.41 Å². The van der Waals surface area contributed by atoms with Gasteiger partial charge in [-0.25, -0.2) is 0 Å². The van der Waals surface area contributed by atoms with Gasteiger partial charge in [-0.15, -0.1) is 0 Å². The van der Waals surface area contributed by atoms with Crippen LogP contribution >= 0.6 is 15.9 Å². The van der Waals surface area contributed by atoms with Crippen LogP contribution < -0.4 is 0 Å². The molecule has 0 heterocycles. The van der Waals surface area contributed by atoms with Gasteiger partial charge in [0.05, 0.1) is 0 Å². The number of rotatable bonds is 2.